The summed E-state index contributed by atoms with van der Waals surface area (Å²) in [6, 6.07) is 15.9. The van der Waals surface area contributed by atoms with Gasteiger partial charge in [-0.3, -0.25) is 0 Å². The molecule has 8 nitrogen and oxygen atoms in total. The third-order valence-electron chi connectivity index (χ3n) is 4.17. The molecule has 0 unspecified atom stereocenters. The van der Waals surface area contributed by atoms with Gasteiger partial charge >= 0.3 is 17.9 Å². The molecule has 2 aromatic carbocycles. The van der Waals surface area contributed by atoms with E-state index in [4.69, 9.17) is 14.2 Å². The first kappa shape index (κ1) is 19.5. The van der Waals surface area contributed by atoms with Gasteiger partial charge in [0, 0.05) is 0 Å². The number of ether oxygens (including phenoxy) is 3. The molecule has 0 spiro atoms. The van der Waals surface area contributed by atoms with E-state index in [2.05, 4.69) is 0 Å². The maximum atomic E-state index is 12.4. The summed E-state index contributed by atoms with van der Waals surface area (Å²) in [6.07, 6.45) is -5.89. The molecule has 4 atom stereocenters. The normalized spacial score (nSPS) is 22.2. The third kappa shape index (κ3) is 4.19. The number of esters is 3. The predicted octanol–water partition coefficient (Wildman–Crippen LogP) is 0.716. The minimum absolute atomic E-state index is 0.189. The van der Waals surface area contributed by atoms with E-state index in [1.54, 1.807) is 36.4 Å². The molecular formula is C20H18O8. The second kappa shape index (κ2) is 8.64. The third-order valence-corrected chi connectivity index (χ3v) is 4.17. The molecule has 2 N–H and O–H groups in total. The van der Waals surface area contributed by atoms with Gasteiger partial charge in [-0.05, 0) is 24.3 Å². The van der Waals surface area contributed by atoms with Gasteiger partial charge in [-0.1, -0.05) is 36.4 Å². The maximum Gasteiger partial charge on any atom is 0.352 e. The Morgan fingerprint density at radius 3 is 1.93 bits per heavy atom. The molecule has 2 aromatic rings. The van der Waals surface area contributed by atoms with Crippen molar-refractivity contribution in [3.8, 4) is 0 Å². The van der Waals surface area contributed by atoms with Crippen LogP contribution in [0.5, 0.6) is 0 Å². The van der Waals surface area contributed by atoms with Gasteiger partial charge in [0.15, 0.2) is 12.2 Å². The molecular weight excluding hydrogens is 368 g/mol. The standard InChI is InChI=1S/C20H18O8/c21-11-14(22)15-16(27-18(23)12-7-3-1-4-8-12)17(20(25)26-15)28-19(24)13-9-5-2-6-10-13/h1-10,14-17,21-22H,11H2/t14-,15+,16+,17-/m1/s1. The van der Waals surface area contributed by atoms with Crippen molar-refractivity contribution in [2.45, 2.75) is 24.4 Å². The molecule has 0 bridgehead atoms. The van der Waals surface area contributed by atoms with Crippen molar-refractivity contribution < 1.29 is 38.8 Å². The highest BCUT2D eigenvalue weighted by Gasteiger charge is 2.52. The number of rotatable bonds is 6. The van der Waals surface area contributed by atoms with Crippen LogP contribution in [0, 0.1) is 0 Å². The number of hydrogen-bond donors (Lipinski definition) is 2. The lowest BCUT2D eigenvalue weighted by Gasteiger charge is -2.23. The van der Waals surface area contributed by atoms with Gasteiger partial charge < -0.3 is 24.4 Å². The second-order valence-corrected chi connectivity index (χ2v) is 6.08. The van der Waals surface area contributed by atoms with Crippen molar-refractivity contribution >= 4 is 17.9 Å². The summed E-state index contributed by atoms with van der Waals surface area (Å²) >= 11 is 0. The fraction of sp³-hybridized carbons (Fsp3) is 0.250. The number of carbonyl (C=O) groups excluding carboxylic acids is 3. The van der Waals surface area contributed by atoms with E-state index in [9.17, 15) is 24.6 Å². The van der Waals surface area contributed by atoms with Crippen LogP contribution < -0.4 is 0 Å². The average molecular weight is 386 g/mol. The summed E-state index contributed by atoms with van der Waals surface area (Å²) in [4.78, 5) is 36.9. The van der Waals surface area contributed by atoms with Crippen molar-refractivity contribution in [1.82, 2.24) is 0 Å². The van der Waals surface area contributed by atoms with Crippen LogP contribution in [-0.4, -0.2) is 59.1 Å². The van der Waals surface area contributed by atoms with E-state index in [1.165, 1.54) is 24.3 Å². The SMILES string of the molecule is O=C(O[C@H]1[C@H]([C@H](O)CO)OC(=O)[C@@H]1OC(=O)c1ccccc1)c1ccccc1. The number of carbonyl (C=O) groups is 3. The Hall–Kier alpha value is -3.23. The van der Waals surface area contributed by atoms with Crippen molar-refractivity contribution in [1.29, 1.82) is 0 Å². The zero-order valence-corrected chi connectivity index (χ0v) is 14.6. The minimum Gasteiger partial charge on any atom is -0.453 e. The van der Waals surface area contributed by atoms with E-state index in [0.717, 1.165) is 0 Å². The molecule has 0 amide bonds. The van der Waals surface area contributed by atoms with Crippen molar-refractivity contribution in [3.05, 3.63) is 71.8 Å². The van der Waals surface area contributed by atoms with E-state index >= 15 is 0 Å². The highest BCUT2D eigenvalue weighted by Crippen LogP contribution is 2.26. The molecule has 1 fully saturated rings. The van der Waals surface area contributed by atoms with Crippen LogP contribution in [0.25, 0.3) is 0 Å². The Labute approximate surface area is 160 Å². The van der Waals surface area contributed by atoms with E-state index in [1.807, 2.05) is 0 Å². The highest BCUT2D eigenvalue weighted by molar-refractivity contribution is 5.93. The van der Waals surface area contributed by atoms with Crippen molar-refractivity contribution in [3.63, 3.8) is 0 Å². The van der Waals surface area contributed by atoms with Crippen LogP contribution in [0.2, 0.25) is 0 Å². The summed E-state index contributed by atoms with van der Waals surface area (Å²) in [7, 11) is 0. The lowest BCUT2D eigenvalue weighted by atomic mass is 10.1. The minimum atomic E-state index is -1.58. The van der Waals surface area contributed by atoms with E-state index in [0.29, 0.717) is 0 Å². The first-order valence-corrected chi connectivity index (χ1v) is 8.52. The van der Waals surface area contributed by atoms with Crippen LogP contribution in [-0.2, 0) is 19.0 Å². The number of hydrogen-bond acceptors (Lipinski definition) is 8. The fourth-order valence-corrected chi connectivity index (χ4v) is 2.74. The molecule has 1 aliphatic rings. The summed E-state index contributed by atoms with van der Waals surface area (Å²) in [6.45, 7) is -0.739. The molecule has 0 saturated carbocycles. The summed E-state index contributed by atoms with van der Waals surface area (Å²) < 4.78 is 15.5. The van der Waals surface area contributed by atoms with E-state index < -0.39 is 48.9 Å². The molecule has 1 heterocycles. The second-order valence-electron chi connectivity index (χ2n) is 6.08. The van der Waals surface area contributed by atoms with Gasteiger partial charge in [0.2, 0.25) is 6.10 Å². The van der Waals surface area contributed by atoms with Gasteiger partial charge in [-0.15, -0.1) is 0 Å². The van der Waals surface area contributed by atoms with Crippen LogP contribution in [0.3, 0.4) is 0 Å². The maximum absolute atomic E-state index is 12.4. The Morgan fingerprint density at radius 2 is 1.43 bits per heavy atom. The molecule has 28 heavy (non-hydrogen) atoms. The van der Waals surface area contributed by atoms with Crippen LogP contribution in [0.15, 0.2) is 60.7 Å². The average Bonchev–Trinajstić information content (AvgIpc) is 3.04. The quantitative estimate of drug-likeness (QED) is 0.550. The zero-order valence-electron chi connectivity index (χ0n) is 14.6. The van der Waals surface area contributed by atoms with Gasteiger partial charge in [-0.2, -0.15) is 0 Å². The lowest BCUT2D eigenvalue weighted by Crippen LogP contribution is -2.44. The fourth-order valence-electron chi connectivity index (χ4n) is 2.74. The van der Waals surface area contributed by atoms with Crippen LogP contribution >= 0.6 is 0 Å². The van der Waals surface area contributed by atoms with Crippen LogP contribution in [0.4, 0.5) is 0 Å². The molecule has 8 heteroatoms. The Bertz CT molecular complexity index is 836. The zero-order chi connectivity index (χ0) is 20.1. The monoisotopic (exact) mass is 386 g/mol. The highest BCUT2D eigenvalue weighted by atomic mass is 16.7. The van der Waals surface area contributed by atoms with Gasteiger partial charge in [0.25, 0.3) is 0 Å². The Kier molecular flexibility index (Phi) is 6.03. The van der Waals surface area contributed by atoms with Gasteiger partial charge in [0.05, 0.1) is 17.7 Å². The number of benzene rings is 2. The van der Waals surface area contributed by atoms with Crippen LogP contribution in [0.1, 0.15) is 20.7 Å². The lowest BCUT2D eigenvalue weighted by molar-refractivity contribution is -0.151. The molecule has 1 saturated heterocycles. The summed E-state index contributed by atoms with van der Waals surface area (Å²) in [5.41, 5.74) is 0.391. The molecule has 146 valence electrons. The summed E-state index contributed by atoms with van der Waals surface area (Å²) in [5.74, 6) is -2.59. The van der Waals surface area contributed by atoms with Gasteiger partial charge in [0.1, 0.15) is 6.10 Å². The predicted molar refractivity (Wildman–Crippen MR) is 94.3 cm³/mol. The molecule has 0 radical (unpaired) electrons. The molecule has 1 aliphatic heterocycles. The molecule has 0 aromatic heterocycles. The number of aliphatic hydroxyl groups excluding tert-OH is 2. The van der Waals surface area contributed by atoms with Gasteiger partial charge in [-0.25, -0.2) is 14.4 Å². The smallest absolute Gasteiger partial charge is 0.352 e. The number of aliphatic hydroxyl groups is 2. The first-order valence-electron chi connectivity index (χ1n) is 8.52. The Balaban J connectivity index is 1.82. The Morgan fingerprint density at radius 1 is 0.929 bits per heavy atom. The largest absolute Gasteiger partial charge is 0.453 e. The topological polar surface area (TPSA) is 119 Å². The molecule has 0 aliphatic carbocycles. The van der Waals surface area contributed by atoms with E-state index in [-0.39, 0.29) is 11.1 Å². The van der Waals surface area contributed by atoms with Crippen molar-refractivity contribution in [2.75, 3.05) is 6.61 Å². The van der Waals surface area contributed by atoms with Crippen molar-refractivity contribution in [2.24, 2.45) is 0 Å². The number of cyclic esters (lactones) is 1. The summed E-state index contributed by atoms with van der Waals surface area (Å²) in [5, 5.41) is 19.1. The first-order chi connectivity index (χ1) is 13.5. The molecule has 3 rings (SSSR count).